The van der Waals surface area contributed by atoms with Gasteiger partial charge in [-0.1, -0.05) is 0 Å². The van der Waals surface area contributed by atoms with E-state index in [-0.39, 0.29) is 30.0 Å². The Morgan fingerprint density at radius 1 is 1.24 bits per heavy atom. The molecule has 0 radical (unpaired) electrons. The fraction of sp³-hybridized carbons (Fsp3) is 0.833. The fourth-order valence-corrected chi connectivity index (χ4v) is 3.29. The number of hydrogen-bond acceptors (Lipinski definition) is 3. The molecular formula is C12H17NO4. The van der Waals surface area contributed by atoms with E-state index in [0.717, 1.165) is 19.3 Å². The average molecular weight is 239 g/mol. The summed E-state index contributed by atoms with van der Waals surface area (Å²) in [6, 6.07) is 0. The van der Waals surface area contributed by atoms with Gasteiger partial charge in [-0.3, -0.25) is 9.59 Å². The fourth-order valence-electron chi connectivity index (χ4n) is 3.29. The van der Waals surface area contributed by atoms with E-state index in [2.05, 4.69) is 0 Å². The van der Waals surface area contributed by atoms with Gasteiger partial charge in [0, 0.05) is 13.1 Å². The van der Waals surface area contributed by atoms with Gasteiger partial charge in [0.15, 0.2) is 0 Å². The lowest BCUT2D eigenvalue weighted by Gasteiger charge is -2.24. The number of carboxylic acids is 1. The molecule has 0 spiro atoms. The predicted molar refractivity (Wildman–Crippen MR) is 58.3 cm³/mol. The van der Waals surface area contributed by atoms with Crippen LogP contribution < -0.4 is 0 Å². The summed E-state index contributed by atoms with van der Waals surface area (Å²) in [6.07, 6.45) is 3.84. The number of carbonyl (C=O) groups is 2. The third kappa shape index (κ3) is 1.82. The lowest BCUT2D eigenvalue weighted by molar-refractivity contribution is -0.141. The number of fused-ring (bicyclic) bond motifs is 2. The number of nitrogens with zero attached hydrogens (tertiary/aromatic N) is 1. The zero-order chi connectivity index (χ0) is 12.0. The Kier molecular flexibility index (Phi) is 2.58. The number of rotatable bonds is 2. The van der Waals surface area contributed by atoms with Crippen molar-refractivity contribution in [1.29, 1.82) is 0 Å². The van der Waals surface area contributed by atoms with Gasteiger partial charge in [-0.2, -0.15) is 0 Å². The van der Waals surface area contributed by atoms with Gasteiger partial charge >= 0.3 is 5.97 Å². The molecule has 0 aromatic heterocycles. The summed E-state index contributed by atoms with van der Waals surface area (Å²) < 4.78 is 5.68. The molecule has 1 N–H and O–H groups in total. The summed E-state index contributed by atoms with van der Waals surface area (Å²) >= 11 is 0. The van der Waals surface area contributed by atoms with E-state index < -0.39 is 5.97 Å². The molecule has 3 heterocycles. The summed E-state index contributed by atoms with van der Waals surface area (Å²) in [5, 5.41) is 8.92. The minimum Gasteiger partial charge on any atom is -0.481 e. The first-order valence-corrected chi connectivity index (χ1v) is 6.32. The molecule has 3 fully saturated rings. The standard InChI is InChI=1S/C12H17NO4/c14-11(9-5-8-1-2-10(9)17-8)13-4-3-7(6-13)12(15)16/h7-10H,1-6H2,(H,15,16). The van der Waals surface area contributed by atoms with Gasteiger partial charge in [0.05, 0.1) is 24.0 Å². The highest BCUT2D eigenvalue weighted by Crippen LogP contribution is 2.40. The van der Waals surface area contributed by atoms with Crippen LogP contribution in [0.3, 0.4) is 0 Å². The highest BCUT2D eigenvalue weighted by molar-refractivity contribution is 5.81. The molecule has 3 rings (SSSR count). The quantitative estimate of drug-likeness (QED) is 0.761. The SMILES string of the molecule is O=C(O)C1CCN(C(=O)C2CC3CCC2O3)C1. The van der Waals surface area contributed by atoms with Crippen molar-refractivity contribution in [3.8, 4) is 0 Å². The van der Waals surface area contributed by atoms with Crippen LogP contribution in [0.4, 0.5) is 0 Å². The molecule has 94 valence electrons. The van der Waals surface area contributed by atoms with Crippen LogP contribution in [-0.4, -0.2) is 47.2 Å². The van der Waals surface area contributed by atoms with Gasteiger partial charge in [0.25, 0.3) is 0 Å². The second-order valence-electron chi connectivity index (χ2n) is 5.32. The molecule has 17 heavy (non-hydrogen) atoms. The van der Waals surface area contributed by atoms with Crippen LogP contribution in [0.1, 0.15) is 25.7 Å². The molecule has 0 aliphatic carbocycles. The first-order chi connectivity index (χ1) is 8.15. The Balaban J connectivity index is 1.62. The molecule has 0 aromatic rings. The molecule has 2 bridgehead atoms. The van der Waals surface area contributed by atoms with Crippen LogP contribution in [0, 0.1) is 11.8 Å². The van der Waals surface area contributed by atoms with Crippen LogP contribution in [-0.2, 0) is 14.3 Å². The number of ether oxygens (including phenoxy) is 1. The molecule has 5 heteroatoms. The van der Waals surface area contributed by atoms with Gasteiger partial charge < -0.3 is 14.7 Å². The van der Waals surface area contributed by atoms with Gasteiger partial charge in [0.1, 0.15) is 0 Å². The second kappa shape index (κ2) is 3.98. The van der Waals surface area contributed by atoms with E-state index in [1.165, 1.54) is 0 Å². The van der Waals surface area contributed by atoms with Gasteiger partial charge in [-0.25, -0.2) is 0 Å². The zero-order valence-electron chi connectivity index (χ0n) is 9.67. The largest absolute Gasteiger partial charge is 0.481 e. The summed E-state index contributed by atoms with van der Waals surface area (Å²) in [5.74, 6) is -1.06. The lowest BCUT2D eigenvalue weighted by Crippen LogP contribution is -2.39. The Hall–Kier alpha value is -1.10. The van der Waals surface area contributed by atoms with Crippen molar-refractivity contribution in [2.75, 3.05) is 13.1 Å². The summed E-state index contributed by atoms with van der Waals surface area (Å²) in [5.41, 5.74) is 0. The third-order valence-electron chi connectivity index (χ3n) is 4.27. The van der Waals surface area contributed by atoms with Crippen molar-refractivity contribution in [3.63, 3.8) is 0 Å². The van der Waals surface area contributed by atoms with Crippen molar-refractivity contribution >= 4 is 11.9 Å². The Morgan fingerprint density at radius 2 is 2.06 bits per heavy atom. The number of carboxylic acid groups (broad SMARTS) is 1. The van der Waals surface area contributed by atoms with E-state index >= 15 is 0 Å². The van der Waals surface area contributed by atoms with E-state index in [0.29, 0.717) is 19.5 Å². The topological polar surface area (TPSA) is 66.8 Å². The maximum Gasteiger partial charge on any atom is 0.308 e. The summed E-state index contributed by atoms with van der Waals surface area (Å²) in [6.45, 7) is 0.964. The summed E-state index contributed by atoms with van der Waals surface area (Å²) in [4.78, 5) is 24.8. The van der Waals surface area contributed by atoms with Crippen LogP contribution in [0.25, 0.3) is 0 Å². The highest BCUT2D eigenvalue weighted by atomic mass is 16.5. The molecule has 3 saturated heterocycles. The Bertz CT molecular complexity index is 356. The maximum absolute atomic E-state index is 12.3. The monoisotopic (exact) mass is 239 g/mol. The minimum absolute atomic E-state index is 0.0127. The van der Waals surface area contributed by atoms with E-state index in [4.69, 9.17) is 9.84 Å². The molecule has 3 aliphatic rings. The average Bonchev–Trinajstić information content (AvgIpc) is 3.03. The highest BCUT2D eigenvalue weighted by Gasteiger charge is 2.46. The van der Waals surface area contributed by atoms with Crippen molar-refractivity contribution in [1.82, 2.24) is 4.90 Å². The summed E-state index contributed by atoms with van der Waals surface area (Å²) in [7, 11) is 0. The van der Waals surface area contributed by atoms with Crippen molar-refractivity contribution in [3.05, 3.63) is 0 Å². The third-order valence-corrected chi connectivity index (χ3v) is 4.27. The Labute approximate surface area is 99.7 Å². The first-order valence-electron chi connectivity index (χ1n) is 6.32. The normalized spacial score (nSPS) is 39.9. The number of carbonyl (C=O) groups excluding carboxylic acids is 1. The van der Waals surface area contributed by atoms with Gasteiger partial charge in [-0.15, -0.1) is 0 Å². The zero-order valence-corrected chi connectivity index (χ0v) is 9.67. The molecular weight excluding hydrogens is 222 g/mol. The van der Waals surface area contributed by atoms with E-state index in [1.807, 2.05) is 0 Å². The van der Waals surface area contributed by atoms with Crippen LogP contribution in [0.5, 0.6) is 0 Å². The lowest BCUT2D eigenvalue weighted by atomic mass is 9.88. The van der Waals surface area contributed by atoms with Crippen LogP contribution >= 0.6 is 0 Å². The molecule has 5 nitrogen and oxygen atoms in total. The molecule has 3 aliphatic heterocycles. The molecule has 0 aromatic carbocycles. The van der Waals surface area contributed by atoms with Crippen molar-refractivity contribution in [2.45, 2.75) is 37.9 Å². The van der Waals surface area contributed by atoms with Crippen molar-refractivity contribution in [2.24, 2.45) is 11.8 Å². The molecule has 1 amide bonds. The maximum atomic E-state index is 12.3. The minimum atomic E-state index is -0.788. The van der Waals surface area contributed by atoms with E-state index in [9.17, 15) is 9.59 Å². The van der Waals surface area contributed by atoms with Gasteiger partial charge in [-0.05, 0) is 25.7 Å². The van der Waals surface area contributed by atoms with Crippen LogP contribution in [0.2, 0.25) is 0 Å². The van der Waals surface area contributed by atoms with Gasteiger partial charge in [0.2, 0.25) is 5.91 Å². The number of likely N-dealkylation sites (tertiary alicyclic amines) is 1. The smallest absolute Gasteiger partial charge is 0.308 e. The first kappa shape index (κ1) is 11.0. The number of amides is 1. The molecule has 4 atom stereocenters. The second-order valence-corrected chi connectivity index (χ2v) is 5.32. The van der Waals surface area contributed by atoms with E-state index in [1.54, 1.807) is 4.90 Å². The Morgan fingerprint density at radius 3 is 2.59 bits per heavy atom. The number of aliphatic carboxylic acids is 1. The van der Waals surface area contributed by atoms with Crippen molar-refractivity contribution < 1.29 is 19.4 Å². The molecule has 0 saturated carbocycles. The molecule has 4 unspecified atom stereocenters. The predicted octanol–water partition coefficient (Wildman–Crippen LogP) is 0.487. The van der Waals surface area contributed by atoms with Crippen LogP contribution in [0.15, 0.2) is 0 Å². The number of hydrogen-bond donors (Lipinski definition) is 1.